The Morgan fingerprint density at radius 3 is 2.59 bits per heavy atom. The summed E-state index contributed by atoms with van der Waals surface area (Å²) in [5.74, 6) is 0. The van der Waals surface area contributed by atoms with Crippen molar-refractivity contribution in [3.63, 3.8) is 0 Å². The summed E-state index contributed by atoms with van der Waals surface area (Å²) in [5.41, 5.74) is 7.76. The third-order valence-corrected chi connectivity index (χ3v) is 2.55. The van der Waals surface area contributed by atoms with Crippen LogP contribution in [0.2, 0.25) is 5.22 Å². The first kappa shape index (κ1) is 11.2. The van der Waals surface area contributed by atoms with Gasteiger partial charge in [-0.05, 0) is 35.4 Å². The van der Waals surface area contributed by atoms with Gasteiger partial charge in [0.15, 0.2) is 0 Å². The maximum atomic E-state index is 9.16. The molecule has 0 aliphatic rings. The predicted octanol–water partition coefficient (Wildman–Crippen LogP) is 2.68. The number of allylic oxidation sites excluding steroid dienone is 1. The Hall–Kier alpha value is -2.25. The Balaban J connectivity index is 2.57. The van der Waals surface area contributed by atoms with Gasteiger partial charge in [-0.1, -0.05) is 0 Å². The molecule has 0 bridgehead atoms. The Bertz CT molecular complexity index is 596. The van der Waals surface area contributed by atoms with Crippen molar-refractivity contribution in [3.05, 3.63) is 53.2 Å². The first-order chi connectivity index (χ1) is 8.24. The molecule has 4 nitrogen and oxygen atoms in total. The smallest absolute Gasteiger partial charge is 0.202 e. The fourth-order valence-corrected chi connectivity index (χ4v) is 1.64. The number of pyridine rings is 1. The molecule has 2 N–H and O–H groups in total. The van der Waals surface area contributed by atoms with Crippen molar-refractivity contribution >= 4 is 22.9 Å². The Morgan fingerprint density at radius 2 is 2.06 bits per heavy atom. The highest BCUT2D eigenvalue weighted by Crippen LogP contribution is 2.27. The zero-order chi connectivity index (χ0) is 12.3. The molecule has 17 heavy (non-hydrogen) atoms. The van der Waals surface area contributed by atoms with Gasteiger partial charge >= 0.3 is 0 Å². The van der Waals surface area contributed by atoms with Crippen LogP contribution in [0.15, 0.2) is 41.3 Å². The zero-order valence-corrected chi connectivity index (χ0v) is 9.48. The van der Waals surface area contributed by atoms with Crippen LogP contribution >= 0.6 is 11.6 Å². The molecule has 0 unspecified atom stereocenters. The molecular weight excluding hydrogens is 238 g/mol. The van der Waals surface area contributed by atoms with Crippen LogP contribution in [0.3, 0.4) is 0 Å². The zero-order valence-electron chi connectivity index (χ0n) is 8.72. The molecule has 0 aromatic carbocycles. The fraction of sp³-hybridized carbons (Fsp3) is 0. The van der Waals surface area contributed by atoms with Crippen molar-refractivity contribution in [2.45, 2.75) is 0 Å². The molecule has 2 aromatic rings. The number of hydrogen-bond donors (Lipinski definition) is 1. The summed E-state index contributed by atoms with van der Waals surface area (Å²) < 4.78 is 4.95. The van der Waals surface area contributed by atoms with Crippen LogP contribution in [-0.2, 0) is 0 Å². The number of hydrogen-bond acceptors (Lipinski definition) is 4. The molecule has 0 aliphatic carbocycles. The SMILES string of the molecule is N#C/C(=C(/N)c1ccoc1Cl)c1ccncc1. The van der Waals surface area contributed by atoms with Gasteiger partial charge in [0.2, 0.25) is 5.22 Å². The largest absolute Gasteiger partial charge is 0.452 e. The van der Waals surface area contributed by atoms with E-state index in [9.17, 15) is 0 Å². The highest BCUT2D eigenvalue weighted by Gasteiger charge is 2.12. The normalized spacial score (nSPS) is 11.8. The number of rotatable bonds is 2. The average Bonchev–Trinajstić information content (AvgIpc) is 2.77. The molecule has 0 saturated heterocycles. The van der Waals surface area contributed by atoms with E-state index in [1.807, 2.05) is 0 Å². The van der Waals surface area contributed by atoms with Gasteiger partial charge in [0.05, 0.1) is 23.1 Å². The van der Waals surface area contributed by atoms with Gasteiger partial charge in [-0.25, -0.2) is 0 Å². The second-order valence-electron chi connectivity index (χ2n) is 3.24. The molecular formula is C12H8ClN3O. The lowest BCUT2D eigenvalue weighted by Crippen LogP contribution is -2.00. The second kappa shape index (κ2) is 4.73. The molecule has 0 saturated carbocycles. The lowest BCUT2D eigenvalue weighted by atomic mass is 10.0. The summed E-state index contributed by atoms with van der Waals surface area (Å²) in [6, 6.07) is 7.10. The highest BCUT2D eigenvalue weighted by atomic mass is 35.5. The van der Waals surface area contributed by atoms with E-state index in [2.05, 4.69) is 11.1 Å². The molecule has 5 heteroatoms. The molecule has 2 aromatic heterocycles. The van der Waals surface area contributed by atoms with E-state index < -0.39 is 0 Å². The molecule has 0 fully saturated rings. The standard InChI is InChI=1S/C12H8ClN3O/c13-12-9(3-6-17-12)11(15)10(7-14)8-1-4-16-5-2-8/h1-6H,15H2/b11-10-. The van der Waals surface area contributed by atoms with Gasteiger partial charge in [0.1, 0.15) is 6.07 Å². The minimum absolute atomic E-state index is 0.171. The second-order valence-corrected chi connectivity index (χ2v) is 3.59. The molecule has 0 amide bonds. The van der Waals surface area contributed by atoms with Crippen LogP contribution in [0.1, 0.15) is 11.1 Å². The third kappa shape index (κ3) is 2.14. The van der Waals surface area contributed by atoms with Crippen molar-refractivity contribution < 1.29 is 4.42 Å². The van der Waals surface area contributed by atoms with Gasteiger partial charge < -0.3 is 10.2 Å². The summed E-state index contributed by atoms with van der Waals surface area (Å²) >= 11 is 5.82. The van der Waals surface area contributed by atoms with E-state index in [4.69, 9.17) is 27.0 Å². The minimum Gasteiger partial charge on any atom is -0.452 e. The van der Waals surface area contributed by atoms with Crippen LogP contribution in [0.4, 0.5) is 0 Å². The van der Waals surface area contributed by atoms with E-state index in [1.165, 1.54) is 6.26 Å². The topological polar surface area (TPSA) is 75.8 Å². The number of aromatic nitrogens is 1. The number of nitrogens with zero attached hydrogens (tertiary/aromatic N) is 2. The van der Waals surface area contributed by atoms with Crippen LogP contribution in [0.25, 0.3) is 11.3 Å². The first-order valence-electron chi connectivity index (χ1n) is 4.77. The summed E-state index contributed by atoms with van der Waals surface area (Å²) in [6.45, 7) is 0. The molecule has 0 spiro atoms. The maximum Gasteiger partial charge on any atom is 0.202 e. The molecule has 2 rings (SSSR count). The lowest BCUT2D eigenvalue weighted by molar-refractivity contribution is 0.568. The Kier molecular flexibility index (Phi) is 3.12. The number of furan rings is 1. The summed E-state index contributed by atoms with van der Waals surface area (Å²) in [7, 11) is 0. The molecule has 0 atom stereocenters. The van der Waals surface area contributed by atoms with Crippen molar-refractivity contribution in [2.24, 2.45) is 5.73 Å². The van der Waals surface area contributed by atoms with E-state index in [-0.39, 0.29) is 10.9 Å². The van der Waals surface area contributed by atoms with Gasteiger partial charge in [-0.15, -0.1) is 0 Å². The quantitative estimate of drug-likeness (QED) is 0.826. The van der Waals surface area contributed by atoms with Crippen LogP contribution in [-0.4, -0.2) is 4.98 Å². The summed E-state index contributed by atoms with van der Waals surface area (Å²) in [4.78, 5) is 3.88. The lowest BCUT2D eigenvalue weighted by Gasteiger charge is -2.03. The summed E-state index contributed by atoms with van der Waals surface area (Å²) in [5, 5.41) is 9.33. The predicted molar refractivity (Wildman–Crippen MR) is 64.6 cm³/mol. The van der Waals surface area contributed by atoms with Crippen molar-refractivity contribution in [2.75, 3.05) is 0 Å². The first-order valence-corrected chi connectivity index (χ1v) is 5.15. The average molecular weight is 246 g/mol. The fourth-order valence-electron chi connectivity index (χ4n) is 1.42. The summed E-state index contributed by atoms with van der Waals surface area (Å²) in [6.07, 6.45) is 4.61. The molecule has 0 aliphatic heterocycles. The van der Waals surface area contributed by atoms with E-state index in [1.54, 1.807) is 30.6 Å². The number of halogens is 1. The van der Waals surface area contributed by atoms with E-state index in [0.29, 0.717) is 16.7 Å². The molecule has 84 valence electrons. The highest BCUT2D eigenvalue weighted by molar-refractivity contribution is 6.31. The Labute approximate surface area is 103 Å². The minimum atomic E-state index is 0.171. The van der Waals surface area contributed by atoms with Crippen molar-refractivity contribution in [1.82, 2.24) is 4.98 Å². The number of nitrogens with two attached hydrogens (primary N) is 1. The Morgan fingerprint density at radius 1 is 1.35 bits per heavy atom. The molecule has 2 heterocycles. The van der Waals surface area contributed by atoms with Gasteiger partial charge in [-0.2, -0.15) is 5.26 Å². The third-order valence-electron chi connectivity index (χ3n) is 2.26. The van der Waals surface area contributed by atoms with Crippen molar-refractivity contribution in [1.29, 1.82) is 5.26 Å². The van der Waals surface area contributed by atoms with E-state index >= 15 is 0 Å². The van der Waals surface area contributed by atoms with E-state index in [0.717, 1.165) is 0 Å². The van der Waals surface area contributed by atoms with Crippen LogP contribution < -0.4 is 5.73 Å². The van der Waals surface area contributed by atoms with Crippen LogP contribution in [0, 0.1) is 11.3 Å². The molecule has 0 radical (unpaired) electrons. The number of nitriles is 1. The maximum absolute atomic E-state index is 9.16. The van der Waals surface area contributed by atoms with Gasteiger partial charge in [0, 0.05) is 12.4 Å². The van der Waals surface area contributed by atoms with Gasteiger partial charge in [-0.3, -0.25) is 4.98 Å². The monoisotopic (exact) mass is 245 g/mol. The van der Waals surface area contributed by atoms with Crippen molar-refractivity contribution in [3.8, 4) is 6.07 Å². The van der Waals surface area contributed by atoms with Gasteiger partial charge in [0.25, 0.3) is 0 Å². The van der Waals surface area contributed by atoms with Crippen LogP contribution in [0.5, 0.6) is 0 Å².